The van der Waals surface area contributed by atoms with Crippen molar-refractivity contribution in [1.29, 1.82) is 0 Å². The molecular weight excluding hydrogens is 376 g/mol. The maximum absolute atomic E-state index is 12.5. The molecule has 2 amide bonds. The Hall–Kier alpha value is -3.60. The van der Waals surface area contributed by atoms with Crippen LogP contribution in [0.1, 0.15) is 23.6 Å². The van der Waals surface area contributed by atoms with E-state index >= 15 is 0 Å². The van der Waals surface area contributed by atoms with Crippen LogP contribution in [0.15, 0.2) is 91.0 Å². The highest BCUT2D eigenvalue weighted by molar-refractivity contribution is 5.85. The summed E-state index contributed by atoms with van der Waals surface area (Å²) in [6.45, 7) is -0.223. The lowest BCUT2D eigenvalue weighted by atomic mass is 9.99. The molecular formula is C25H26N2O3. The highest BCUT2D eigenvalue weighted by Crippen LogP contribution is 2.19. The second kappa shape index (κ2) is 11.4. The number of rotatable bonds is 10. The molecule has 30 heavy (non-hydrogen) atoms. The molecule has 0 saturated heterocycles. The van der Waals surface area contributed by atoms with Crippen LogP contribution in [0.4, 0.5) is 0 Å². The first-order chi connectivity index (χ1) is 14.7. The van der Waals surface area contributed by atoms with Crippen molar-refractivity contribution in [2.24, 2.45) is 0 Å². The van der Waals surface area contributed by atoms with Gasteiger partial charge in [-0.05, 0) is 36.1 Å². The summed E-state index contributed by atoms with van der Waals surface area (Å²) >= 11 is 0. The van der Waals surface area contributed by atoms with E-state index in [9.17, 15) is 9.59 Å². The summed E-state index contributed by atoms with van der Waals surface area (Å²) in [5, 5.41) is 5.65. The molecule has 0 radical (unpaired) electrons. The van der Waals surface area contributed by atoms with E-state index in [1.165, 1.54) is 5.56 Å². The molecule has 0 aliphatic heterocycles. The Morgan fingerprint density at radius 3 is 2.03 bits per heavy atom. The number of para-hydroxylation sites is 1. The summed E-state index contributed by atoms with van der Waals surface area (Å²) in [7, 11) is 0. The first kappa shape index (κ1) is 21.1. The minimum absolute atomic E-state index is 0.0916. The number of hydrogen-bond donors (Lipinski definition) is 2. The first-order valence-electron chi connectivity index (χ1n) is 10.0. The van der Waals surface area contributed by atoms with Gasteiger partial charge in [0.05, 0.1) is 12.6 Å². The minimum Gasteiger partial charge on any atom is -0.484 e. The van der Waals surface area contributed by atoms with Crippen molar-refractivity contribution in [2.75, 3.05) is 13.2 Å². The van der Waals surface area contributed by atoms with Crippen LogP contribution < -0.4 is 15.4 Å². The van der Waals surface area contributed by atoms with Gasteiger partial charge in [-0.1, -0.05) is 78.9 Å². The molecule has 0 aliphatic carbocycles. The van der Waals surface area contributed by atoms with Gasteiger partial charge < -0.3 is 15.4 Å². The lowest BCUT2D eigenvalue weighted by Gasteiger charge is -2.20. The molecule has 154 valence electrons. The number of hydrogen-bond acceptors (Lipinski definition) is 3. The Balaban J connectivity index is 1.49. The van der Waals surface area contributed by atoms with Gasteiger partial charge in [-0.3, -0.25) is 9.59 Å². The van der Waals surface area contributed by atoms with Crippen molar-refractivity contribution in [3.63, 3.8) is 0 Å². The summed E-state index contributed by atoms with van der Waals surface area (Å²) < 4.78 is 5.39. The molecule has 0 spiro atoms. The molecule has 1 atom stereocenters. The fourth-order valence-corrected chi connectivity index (χ4v) is 3.10. The number of benzene rings is 3. The lowest BCUT2D eigenvalue weighted by Crippen LogP contribution is -2.40. The molecule has 2 N–H and O–H groups in total. The number of nitrogens with one attached hydrogen (secondary N) is 2. The third-order valence-electron chi connectivity index (χ3n) is 4.66. The zero-order valence-corrected chi connectivity index (χ0v) is 16.8. The number of carbonyl (C=O) groups is 2. The van der Waals surface area contributed by atoms with Crippen molar-refractivity contribution in [1.82, 2.24) is 10.6 Å². The predicted molar refractivity (Wildman–Crippen MR) is 117 cm³/mol. The van der Waals surface area contributed by atoms with Crippen molar-refractivity contribution in [2.45, 2.75) is 18.9 Å². The van der Waals surface area contributed by atoms with E-state index in [-0.39, 0.29) is 31.0 Å². The molecule has 0 aromatic heterocycles. The van der Waals surface area contributed by atoms with E-state index in [2.05, 4.69) is 22.8 Å². The van der Waals surface area contributed by atoms with Crippen LogP contribution in [-0.2, 0) is 16.0 Å². The molecule has 1 unspecified atom stereocenters. The molecule has 3 rings (SSSR count). The van der Waals surface area contributed by atoms with Crippen molar-refractivity contribution < 1.29 is 14.3 Å². The molecule has 0 saturated carbocycles. The van der Waals surface area contributed by atoms with Gasteiger partial charge in [0.1, 0.15) is 5.75 Å². The highest BCUT2D eigenvalue weighted by Gasteiger charge is 2.15. The first-order valence-corrected chi connectivity index (χ1v) is 10.0. The Morgan fingerprint density at radius 1 is 0.767 bits per heavy atom. The molecule has 5 nitrogen and oxygen atoms in total. The van der Waals surface area contributed by atoms with E-state index in [4.69, 9.17) is 4.74 Å². The Morgan fingerprint density at radius 2 is 1.37 bits per heavy atom. The molecule has 0 bridgehead atoms. The van der Waals surface area contributed by atoms with Crippen LogP contribution in [0.25, 0.3) is 0 Å². The van der Waals surface area contributed by atoms with Crippen LogP contribution in [-0.4, -0.2) is 25.0 Å². The molecule has 0 heterocycles. The fourth-order valence-electron chi connectivity index (χ4n) is 3.10. The third-order valence-corrected chi connectivity index (χ3v) is 4.66. The van der Waals surface area contributed by atoms with E-state index in [1.807, 2.05) is 66.7 Å². The summed E-state index contributed by atoms with van der Waals surface area (Å²) in [5.74, 6) is 0.0432. The zero-order chi connectivity index (χ0) is 21.0. The van der Waals surface area contributed by atoms with Crippen LogP contribution in [0.3, 0.4) is 0 Å². The van der Waals surface area contributed by atoms with Gasteiger partial charge in [-0.15, -0.1) is 0 Å². The summed E-state index contributed by atoms with van der Waals surface area (Å²) in [4.78, 5) is 24.4. The van der Waals surface area contributed by atoms with Crippen LogP contribution in [0.2, 0.25) is 0 Å². The predicted octanol–water partition coefficient (Wildman–Crippen LogP) is 3.67. The maximum atomic E-state index is 12.5. The minimum atomic E-state index is -0.338. The van der Waals surface area contributed by atoms with Gasteiger partial charge in [-0.25, -0.2) is 0 Å². The Labute approximate surface area is 177 Å². The van der Waals surface area contributed by atoms with E-state index in [0.717, 1.165) is 18.4 Å². The largest absolute Gasteiger partial charge is 0.484 e. The quantitative estimate of drug-likeness (QED) is 0.544. The van der Waals surface area contributed by atoms with Crippen LogP contribution in [0.5, 0.6) is 5.75 Å². The van der Waals surface area contributed by atoms with Gasteiger partial charge >= 0.3 is 0 Å². The number of aryl methyl sites for hydroxylation is 1. The standard InChI is InChI=1S/C25H26N2O3/c28-24(18-26-25(29)19-30-22-14-8-3-9-15-22)27-23(21-12-6-2-7-13-21)17-16-20-10-4-1-5-11-20/h1-15,23H,16-19H2,(H,26,29)(H,27,28). The summed E-state index contributed by atoms with van der Waals surface area (Å²) in [6.07, 6.45) is 1.61. The van der Waals surface area contributed by atoms with Gasteiger partial charge in [0.25, 0.3) is 5.91 Å². The average molecular weight is 402 g/mol. The SMILES string of the molecule is O=C(COc1ccccc1)NCC(=O)NC(CCc1ccccc1)c1ccccc1. The van der Waals surface area contributed by atoms with Crippen LogP contribution >= 0.6 is 0 Å². The summed E-state index contributed by atoms with van der Waals surface area (Å²) in [6, 6.07) is 29.0. The second-order valence-corrected chi connectivity index (χ2v) is 6.93. The Bertz CT molecular complexity index is 915. The van der Waals surface area contributed by atoms with Gasteiger partial charge in [0.15, 0.2) is 6.61 Å². The molecule has 0 aliphatic rings. The van der Waals surface area contributed by atoms with E-state index < -0.39 is 0 Å². The topological polar surface area (TPSA) is 67.4 Å². The molecule has 0 fully saturated rings. The third kappa shape index (κ3) is 7.09. The smallest absolute Gasteiger partial charge is 0.258 e. The van der Waals surface area contributed by atoms with Gasteiger partial charge in [0, 0.05) is 0 Å². The Kier molecular flexibility index (Phi) is 8.03. The average Bonchev–Trinajstić information content (AvgIpc) is 2.81. The lowest BCUT2D eigenvalue weighted by molar-refractivity contribution is -0.127. The molecule has 3 aromatic rings. The second-order valence-electron chi connectivity index (χ2n) is 6.93. The van der Waals surface area contributed by atoms with E-state index in [1.54, 1.807) is 12.1 Å². The fraction of sp³-hybridized carbons (Fsp3) is 0.200. The molecule has 3 aromatic carbocycles. The maximum Gasteiger partial charge on any atom is 0.258 e. The zero-order valence-electron chi connectivity index (χ0n) is 16.8. The summed E-state index contributed by atoms with van der Waals surface area (Å²) in [5.41, 5.74) is 2.26. The van der Waals surface area contributed by atoms with Crippen LogP contribution in [0, 0.1) is 0 Å². The van der Waals surface area contributed by atoms with Gasteiger partial charge in [-0.2, -0.15) is 0 Å². The number of amides is 2. The molecule has 5 heteroatoms. The van der Waals surface area contributed by atoms with E-state index in [0.29, 0.717) is 5.75 Å². The normalized spacial score (nSPS) is 11.3. The van der Waals surface area contributed by atoms with Crippen molar-refractivity contribution in [3.05, 3.63) is 102 Å². The monoisotopic (exact) mass is 402 g/mol. The van der Waals surface area contributed by atoms with Crippen molar-refractivity contribution in [3.8, 4) is 5.75 Å². The van der Waals surface area contributed by atoms with Gasteiger partial charge in [0.2, 0.25) is 5.91 Å². The van der Waals surface area contributed by atoms with Crippen molar-refractivity contribution >= 4 is 11.8 Å². The highest BCUT2D eigenvalue weighted by atomic mass is 16.5. The number of carbonyl (C=O) groups excluding carboxylic acids is 2. The number of ether oxygens (including phenoxy) is 1.